The maximum atomic E-state index is 14.1. The molecular weight excluding hydrogens is 564 g/mol. The number of hydrogen-bond acceptors (Lipinski definition) is 8. The predicted octanol–water partition coefficient (Wildman–Crippen LogP) is 3.15. The Morgan fingerprint density at radius 1 is 0.976 bits per heavy atom. The van der Waals surface area contributed by atoms with Crippen LogP contribution in [-0.2, 0) is 32.6 Å². The van der Waals surface area contributed by atoms with Gasteiger partial charge in [0.1, 0.15) is 29.8 Å². The molecule has 3 rings (SSSR count). The van der Waals surface area contributed by atoms with E-state index in [1.807, 2.05) is 30.3 Å². The summed E-state index contributed by atoms with van der Waals surface area (Å²) in [5.74, 6) is -0.570. The second-order valence-corrected chi connectivity index (χ2v) is 11.3. The van der Waals surface area contributed by atoms with Crippen molar-refractivity contribution in [1.29, 1.82) is 0 Å². The van der Waals surface area contributed by atoms with Crippen LogP contribution in [0.5, 0.6) is 11.5 Å². The molecule has 1 atom stereocenters. The standard InChI is InChI=1S/C29H34N4O8S/c1-5-30-29(35)26(17-21-10-7-6-8-11-21)31(19-22-12-9-13-24(16-22)40-2)28(34)20-32(42(4,38)39)25-18-23(33(36)37)14-15-27(25)41-3/h6-16,18,26H,5,17,19-20H2,1-4H3,(H,30,35)/t26-/m0/s1. The van der Waals surface area contributed by atoms with Crippen molar-refractivity contribution in [3.05, 3.63) is 94.0 Å². The zero-order valence-electron chi connectivity index (χ0n) is 23.8. The number of rotatable bonds is 14. The molecule has 0 aromatic heterocycles. The molecular formula is C29H34N4O8S. The maximum Gasteiger partial charge on any atom is 0.271 e. The van der Waals surface area contributed by atoms with Gasteiger partial charge in [-0.3, -0.25) is 24.0 Å². The number of carbonyl (C=O) groups excluding carboxylic acids is 2. The van der Waals surface area contributed by atoms with Crippen molar-refractivity contribution in [3.63, 3.8) is 0 Å². The van der Waals surface area contributed by atoms with E-state index in [9.17, 15) is 28.1 Å². The number of nitro benzene ring substituents is 1. The van der Waals surface area contributed by atoms with Crippen molar-refractivity contribution < 1.29 is 32.4 Å². The maximum absolute atomic E-state index is 14.1. The van der Waals surface area contributed by atoms with Crippen LogP contribution in [0.4, 0.5) is 11.4 Å². The van der Waals surface area contributed by atoms with Gasteiger partial charge in [0.2, 0.25) is 21.8 Å². The molecule has 0 aliphatic heterocycles. The zero-order chi connectivity index (χ0) is 30.9. The van der Waals surface area contributed by atoms with Crippen molar-refractivity contribution in [3.8, 4) is 11.5 Å². The van der Waals surface area contributed by atoms with E-state index in [-0.39, 0.29) is 30.1 Å². The summed E-state index contributed by atoms with van der Waals surface area (Å²) in [6, 6.07) is 18.5. The van der Waals surface area contributed by atoms with Gasteiger partial charge in [-0.25, -0.2) is 8.42 Å². The number of amides is 2. The molecule has 0 aliphatic rings. The van der Waals surface area contributed by atoms with Crippen molar-refractivity contribution in [2.45, 2.75) is 25.9 Å². The Morgan fingerprint density at radius 2 is 1.67 bits per heavy atom. The van der Waals surface area contributed by atoms with Crippen molar-refractivity contribution in [1.82, 2.24) is 10.2 Å². The topological polar surface area (TPSA) is 148 Å². The zero-order valence-corrected chi connectivity index (χ0v) is 24.7. The van der Waals surface area contributed by atoms with E-state index in [1.54, 1.807) is 31.2 Å². The van der Waals surface area contributed by atoms with E-state index in [4.69, 9.17) is 9.47 Å². The molecule has 12 nitrogen and oxygen atoms in total. The van der Waals surface area contributed by atoms with Crippen molar-refractivity contribution in [2.75, 3.05) is 37.9 Å². The summed E-state index contributed by atoms with van der Waals surface area (Å²) in [4.78, 5) is 39.7. The molecule has 0 radical (unpaired) electrons. The van der Waals surface area contributed by atoms with Crippen LogP contribution < -0.4 is 19.1 Å². The van der Waals surface area contributed by atoms with Gasteiger partial charge < -0.3 is 19.7 Å². The molecule has 2 amide bonds. The minimum absolute atomic E-state index is 0.0164. The average Bonchev–Trinajstić information content (AvgIpc) is 2.97. The van der Waals surface area contributed by atoms with E-state index in [2.05, 4.69) is 5.32 Å². The lowest BCUT2D eigenvalue weighted by atomic mass is 10.0. The van der Waals surface area contributed by atoms with Crippen LogP contribution in [0.1, 0.15) is 18.1 Å². The van der Waals surface area contributed by atoms with E-state index in [1.165, 1.54) is 31.3 Å². The quantitative estimate of drug-likeness (QED) is 0.220. The van der Waals surface area contributed by atoms with Gasteiger partial charge in [-0.2, -0.15) is 0 Å². The van der Waals surface area contributed by atoms with Gasteiger partial charge in [-0.05, 0) is 36.2 Å². The summed E-state index contributed by atoms with van der Waals surface area (Å²) < 4.78 is 37.4. The number of nitrogens with one attached hydrogen (secondary N) is 1. The lowest BCUT2D eigenvalue weighted by molar-refractivity contribution is -0.384. The minimum Gasteiger partial charge on any atom is -0.497 e. The number of nitrogens with zero attached hydrogens (tertiary/aromatic N) is 3. The largest absolute Gasteiger partial charge is 0.497 e. The Morgan fingerprint density at radius 3 is 2.26 bits per heavy atom. The predicted molar refractivity (Wildman–Crippen MR) is 158 cm³/mol. The lowest BCUT2D eigenvalue weighted by Crippen LogP contribution is -2.53. The highest BCUT2D eigenvalue weighted by molar-refractivity contribution is 7.92. The number of ether oxygens (including phenoxy) is 2. The fourth-order valence-corrected chi connectivity index (χ4v) is 5.24. The van der Waals surface area contributed by atoms with Gasteiger partial charge in [0.15, 0.2) is 0 Å². The highest BCUT2D eigenvalue weighted by Gasteiger charge is 2.34. The molecule has 0 aliphatic carbocycles. The van der Waals surface area contributed by atoms with E-state index >= 15 is 0 Å². The number of anilines is 1. The Kier molecular flexibility index (Phi) is 10.9. The molecule has 0 fully saturated rings. The highest BCUT2D eigenvalue weighted by atomic mass is 32.2. The number of likely N-dealkylation sites (N-methyl/N-ethyl adjacent to an activating group) is 1. The third-order valence-electron chi connectivity index (χ3n) is 6.43. The molecule has 3 aromatic rings. The van der Waals surface area contributed by atoms with Crippen LogP contribution in [-0.4, -0.2) is 69.7 Å². The summed E-state index contributed by atoms with van der Waals surface area (Å²) >= 11 is 0. The first kappa shape index (κ1) is 31.9. The van der Waals surface area contributed by atoms with Gasteiger partial charge in [-0.1, -0.05) is 42.5 Å². The molecule has 3 aromatic carbocycles. The number of carbonyl (C=O) groups is 2. The fourth-order valence-electron chi connectivity index (χ4n) is 4.40. The molecule has 0 spiro atoms. The Hall–Kier alpha value is -4.65. The first-order chi connectivity index (χ1) is 20.0. The number of non-ortho nitro benzene ring substituents is 1. The summed E-state index contributed by atoms with van der Waals surface area (Å²) in [5.41, 5.74) is 0.868. The summed E-state index contributed by atoms with van der Waals surface area (Å²) in [5, 5.41) is 14.3. The first-order valence-electron chi connectivity index (χ1n) is 13.0. The number of hydrogen-bond donors (Lipinski definition) is 1. The number of nitro groups is 1. The molecule has 42 heavy (non-hydrogen) atoms. The number of sulfonamides is 1. The van der Waals surface area contributed by atoms with Crippen LogP contribution in [0.2, 0.25) is 0 Å². The monoisotopic (exact) mass is 598 g/mol. The van der Waals surface area contributed by atoms with E-state index in [0.29, 0.717) is 17.9 Å². The number of benzene rings is 3. The fraction of sp³-hybridized carbons (Fsp3) is 0.310. The third-order valence-corrected chi connectivity index (χ3v) is 7.56. The third kappa shape index (κ3) is 8.19. The molecule has 1 N–H and O–H groups in total. The lowest BCUT2D eigenvalue weighted by Gasteiger charge is -2.33. The van der Waals surface area contributed by atoms with Gasteiger partial charge >= 0.3 is 0 Å². The van der Waals surface area contributed by atoms with E-state index in [0.717, 1.165) is 22.2 Å². The molecule has 0 saturated carbocycles. The molecule has 0 saturated heterocycles. The van der Waals surface area contributed by atoms with Crippen LogP contribution >= 0.6 is 0 Å². The second kappa shape index (κ2) is 14.3. The summed E-state index contributed by atoms with van der Waals surface area (Å²) in [7, 11) is -1.37. The average molecular weight is 599 g/mol. The van der Waals surface area contributed by atoms with Gasteiger partial charge in [0.05, 0.1) is 25.4 Å². The van der Waals surface area contributed by atoms with Crippen molar-refractivity contribution >= 4 is 33.2 Å². The molecule has 0 bridgehead atoms. The SMILES string of the molecule is CCNC(=O)[C@H](Cc1ccccc1)N(Cc1cccc(OC)c1)C(=O)CN(c1cc([N+](=O)[O-])ccc1OC)S(C)(=O)=O. The molecule has 224 valence electrons. The minimum atomic E-state index is -4.16. The highest BCUT2D eigenvalue weighted by Crippen LogP contribution is 2.34. The van der Waals surface area contributed by atoms with Crippen LogP contribution in [0.3, 0.4) is 0 Å². The normalized spacial score (nSPS) is 11.7. The molecule has 0 heterocycles. The van der Waals surface area contributed by atoms with Crippen LogP contribution in [0.15, 0.2) is 72.8 Å². The van der Waals surface area contributed by atoms with Crippen LogP contribution in [0.25, 0.3) is 0 Å². The Balaban J connectivity index is 2.12. The van der Waals surface area contributed by atoms with Gasteiger partial charge in [-0.15, -0.1) is 0 Å². The van der Waals surface area contributed by atoms with Crippen LogP contribution in [0, 0.1) is 10.1 Å². The summed E-state index contributed by atoms with van der Waals surface area (Å²) in [6.45, 7) is 1.27. The Labute approximate surface area is 245 Å². The summed E-state index contributed by atoms with van der Waals surface area (Å²) in [6.07, 6.45) is 1.04. The Bertz CT molecular complexity index is 1520. The van der Waals surface area contributed by atoms with Crippen molar-refractivity contribution in [2.24, 2.45) is 0 Å². The smallest absolute Gasteiger partial charge is 0.271 e. The van der Waals surface area contributed by atoms with Gasteiger partial charge in [0.25, 0.3) is 5.69 Å². The van der Waals surface area contributed by atoms with E-state index < -0.39 is 39.3 Å². The number of methoxy groups -OCH3 is 2. The first-order valence-corrected chi connectivity index (χ1v) is 14.9. The second-order valence-electron chi connectivity index (χ2n) is 9.36. The molecule has 13 heteroatoms. The molecule has 0 unspecified atom stereocenters. The van der Waals surface area contributed by atoms with Gasteiger partial charge in [0, 0.05) is 31.6 Å².